The summed E-state index contributed by atoms with van der Waals surface area (Å²) in [6, 6.07) is 0.909. The summed E-state index contributed by atoms with van der Waals surface area (Å²) in [5.41, 5.74) is 0.408. The number of nitrogens with one attached hydrogen (secondary N) is 1. The highest BCUT2D eigenvalue weighted by molar-refractivity contribution is 4.88. The van der Waals surface area contributed by atoms with Crippen molar-refractivity contribution >= 4 is 0 Å². The highest BCUT2D eigenvalue weighted by Crippen LogP contribution is 2.30. The molecule has 0 unspecified atom stereocenters. The van der Waals surface area contributed by atoms with Gasteiger partial charge in [-0.2, -0.15) is 0 Å². The van der Waals surface area contributed by atoms with Crippen LogP contribution in [0, 0.1) is 5.41 Å². The Hall–Kier alpha value is -0.0800. The van der Waals surface area contributed by atoms with Crippen LogP contribution in [0.15, 0.2) is 0 Å². The number of hydrogen-bond donors (Lipinski definition) is 1. The van der Waals surface area contributed by atoms with Crippen molar-refractivity contribution in [2.24, 2.45) is 5.41 Å². The van der Waals surface area contributed by atoms with E-state index in [0.29, 0.717) is 5.41 Å². The smallest absolute Gasteiger partial charge is 0.00966 e. The van der Waals surface area contributed by atoms with Crippen molar-refractivity contribution in [2.45, 2.75) is 65.8 Å². The first kappa shape index (κ1) is 15.0. The fraction of sp³-hybridized carbons (Fsp3) is 1.00. The number of hydrogen-bond acceptors (Lipinski definition) is 2. The summed E-state index contributed by atoms with van der Waals surface area (Å²) >= 11 is 0. The van der Waals surface area contributed by atoms with Crippen LogP contribution in [0.4, 0.5) is 0 Å². The average Bonchev–Trinajstić information content (AvgIpc) is 3.08. The first-order valence-electron chi connectivity index (χ1n) is 7.54. The van der Waals surface area contributed by atoms with Gasteiger partial charge < -0.3 is 5.32 Å². The molecule has 0 aliphatic heterocycles. The largest absolute Gasteiger partial charge is 0.316 e. The van der Waals surface area contributed by atoms with Crippen LogP contribution in [0.5, 0.6) is 0 Å². The lowest BCUT2D eigenvalue weighted by Gasteiger charge is -2.33. The van der Waals surface area contributed by atoms with Gasteiger partial charge in [0, 0.05) is 19.1 Å². The van der Waals surface area contributed by atoms with Crippen LogP contribution >= 0.6 is 0 Å². The van der Waals surface area contributed by atoms with E-state index in [4.69, 9.17) is 0 Å². The Balaban J connectivity index is 2.30. The van der Waals surface area contributed by atoms with Crippen molar-refractivity contribution in [1.29, 1.82) is 0 Å². The Bertz CT molecular complexity index is 197. The van der Waals surface area contributed by atoms with Crippen molar-refractivity contribution in [2.75, 3.05) is 26.2 Å². The fourth-order valence-corrected chi connectivity index (χ4v) is 2.40. The van der Waals surface area contributed by atoms with Gasteiger partial charge in [0.1, 0.15) is 0 Å². The third kappa shape index (κ3) is 6.42. The molecule has 17 heavy (non-hydrogen) atoms. The molecule has 1 rings (SSSR count). The maximum absolute atomic E-state index is 3.57. The molecule has 0 atom stereocenters. The SMILES string of the molecule is CCCCN(CC(C)(C)CNCCC)C1CC1. The van der Waals surface area contributed by atoms with Crippen LogP contribution in [-0.2, 0) is 0 Å². The van der Waals surface area contributed by atoms with Crippen molar-refractivity contribution < 1.29 is 0 Å². The summed E-state index contributed by atoms with van der Waals surface area (Å²) in [6.07, 6.45) is 6.77. The third-order valence-electron chi connectivity index (χ3n) is 3.52. The topological polar surface area (TPSA) is 15.3 Å². The Labute approximate surface area is 108 Å². The monoisotopic (exact) mass is 240 g/mol. The van der Waals surface area contributed by atoms with E-state index in [-0.39, 0.29) is 0 Å². The molecule has 2 heteroatoms. The predicted molar refractivity (Wildman–Crippen MR) is 76.4 cm³/mol. The van der Waals surface area contributed by atoms with E-state index in [9.17, 15) is 0 Å². The maximum Gasteiger partial charge on any atom is 0.00966 e. The lowest BCUT2D eigenvalue weighted by molar-refractivity contribution is 0.164. The predicted octanol–water partition coefficient (Wildman–Crippen LogP) is 3.28. The molecule has 0 spiro atoms. The summed E-state index contributed by atoms with van der Waals surface area (Å²) in [7, 11) is 0. The standard InChI is InChI=1S/C15H32N2/c1-5-7-11-17(14-8-9-14)13-15(3,4)12-16-10-6-2/h14,16H,5-13H2,1-4H3. The zero-order valence-electron chi connectivity index (χ0n) is 12.4. The molecule has 0 heterocycles. The van der Waals surface area contributed by atoms with E-state index in [2.05, 4.69) is 37.9 Å². The van der Waals surface area contributed by atoms with Gasteiger partial charge in [-0.1, -0.05) is 34.1 Å². The maximum atomic E-state index is 3.57. The molecule has 0 radical (unpaired) electrons. The molecule has 0 aromatic rings. The van der Waals surface area contributed by atoms with Gasteiger partial charge in [-0.3, -0.25) is 4.90 Å². The van der Waals surface area contributed by atoms with Crippen LogP contribution in [0.25, 0.3) is 0 Å². The minimum atomic E-state index is 0.408. The first-order valence-corrected chi connectivity index (χ1v) is 7.54. The van der Waals surface area contributed by atoms with Crippen LogP contribution in [0.1, 0.15) is 59.8 Å². The molecule has 1 fully saturated rings. The normalized spacial score (nSPS) is 16.8. The van der Waals surface area contributed by atoms with Crippen LogP contribution < -0.4 is 5.32 Å². The summed E-state index contributed by atoms with van der Waals surface area (Å²) in [4.78, 5) is 2.73. The molecule has 1 aliphatic carbocycles. The summed E-state index contributed by atoms with van der Waals surface area (Å²) < 4.78 is 0. The minimum absolute atomic E-state index is 0.408. The third-order valence-corrected chi connectivity index (χ3v) is 3.52. The Morgan fingerprint density at radius 3 is 2.41 bits per heavy atom. The molecule has 1 saturated carbocycles. The Morgan fingerprint density at radius 1 is 1.18 bits per heavy atom. The zero-order chi connectivity index (χ0) is 12.7. The van der Waals surface area contributed by atoms with Gasteiger partial charge in [0.25, 0.3) is 0 Å². The first-order chi connectivity index (χ1) is 8.09. The van der Waals surface area contributed by atoms with Gasteiger partial charge in [0.05, 0.1) is 0 Å². The van der Waals surface area contributed by atoms with E-state index >= 15 is 0 Å². The molecule has 0 aromatic carbocycles. The van der Waals surface area contributed by atoms with E-state index < -0.39 is 0 Å². The second-order valence-corrected chi connectivity index (χ2v) is 6.40. The molecule has 0 bridgehead atoms. The molecule has 2 nitrogen and oxygen atoms in total. The lowest BCUT2D eigenvalue weighted by Crippen LogP contribution is -2.42. The van der Waals surface area contributed by atoms with Crippen molar-refractivity contribution in [3.8, 4) is 0 Å². The number of rotatable bonds is 10. The van der Waals surface area contributed by atoms with Gasteiger partial charge in [0.2, 0.25) is 0 Å². The van der Waals surface area contributed by atoms with Gasteiger partial charge >= 0.3 is 0 Å². The van der Waals surface area contributed by atoms with Gasteiger partial charge in [-0.05, 0) is 44.2 Å². The van der Waals surface area contributed by atoms with E-state index in [0.717, 1.165) is 19.1 Å². The second kappa shape index (κ2) is 7.38. The van der Waals surface area contributed by atoms with Crippen LogP contribution in [0.3, 0.4) is 0 Å². The Morgan fingerprint density at radius 2 is 1.88 bits per heavy atom. The highest BCUT2D eigenvalue weighted by atomic mass is 15.2. The molecule has 0 aromatic heterocycles. The van der Waals surface area contributed by atoms with Crippen LogP contribution in [0.2, 0.25) is 0 Å². The van der Waals surface area contributed by atoms with Gasteiger partial charge in [0.15, 0.2) is 0 Å². The van der Waals surface area contributed by atoms with Crippen molar-refractivity contribution in [3.63, 3.8) is 0 Å². The molecule has 1 aliphatic rings. The molecular formula is C15H32N2. The highest BCUT2D eigenvalue weighted by Gasteiger charge is 2.32. The average molecular weight is 240 g/mol. The minimum Gasteiger partial charge on any atom is -0.316 e. The molecule has 1 N–H and O–H groups in total. The summed E-state index contributed by atoms with van der Waals surface area (Å²) in [5, 5.41) is 3.57. The van der Waals surface area contributed by atoms with E-state index in [1.54, 1.807) is 0 Å². The molecule has 0 saturated heterocycles. The van der Waals surface area contributed by atoms with Gasteiger partial charge in [-0.15, -0.1) is 0 Å². The molecular weight excluding hydrogens is 208 g/mol. The van der Waals surface area contributed by atoms with Crippen molar-refractivity contribution in [1.82, 2.24) is 10.2 Å². The summed E-state index contributed by atoms with van der Waals surface area (Å²) in [6.45, 7) is 14.2. The number of nitrogens with zero attached hydrogens (tertiary/aromatic N) is 1. The van der Waals surface area contributed by atoms with Crippen LogP contribution in [-0.4, -0.2) is 37.1 Å². The summed E-state index contributed by atoms with van der Waals surface area (Å²) in [5.74, 6) is 0. The number of unbranched alkanes of at least 4 members (excludes halogenated alkanes) is 1. The molecule has 0 amide bonds. The Kier molecular flexibility index (Phi) is 6.50. The zero-order valence-corrected chi connectivity index (χ0v) is 12.4. The molecule has 102 valence electrons. The quantitative estimate of drug-likeness (QED) is 0.590. The fourth-order valence-electron chi connectivity index (χ4n) is 2.40. The van der Waals surface area contributed by atoms with Gasteiger partial charge in [-0.25, -0.2) is 0 Å². The van der Waals surface area contributed by atoms with E-state index in [1.807, 2.05) is 0 Å². The van der Waals surface area contributed by atoms with Crippen molar-refractivity contribution in [3.05, 3.63) is 0 Å². The second-order valence-electron chi connectivity index (χ2n) is 6.40. The van der Waals surface area contributed by atoms with E-state index in [1.165, 1.54) is 45.2 Å². The lowest BCUT2D eigenvalue weighted by atomic mass is 9.92.